The van der Waals surface area contributed by atoms with E-state index in [0.29, 0.717) is 13.2 Å². The second-order valence-corrected chi connectivity index (χ2v) is 5.76. The van der Waals surface area contributed by atoms with E-state index in [-0.39, 0.29) is 5.92 Å². The van der Waals surface area contributed by atoms with E-state index in [1.807, 2.05) is 24.3 Å². The predicted octanol–water partition coefficient (Wildman–Crippen LogP) is 3.80. The summed E-state index contributed by atoms with van der Waals surface area (Å²) in [7, 11) is 0. The molecule has 1 aromatic carbocycles. The molecule has 0 unspecified atom stereocenters. The molecule has 5 heteroatoms. The minimum atomic E-state index is 0.281. The normalized spacial score (nSPS) is 13.6. The summed E-state index contributed by atoms with van der Waals surface area (Å²) in [5, 5.41) is 0. The molecule has 0 amide bonds. The first-order valence-corrected chi connectivity index (χ1v) is 7.37. The molecule has 0 bridgehead atoms. The van der Waals surface area contributed by atoms with Gasteiger partial charge in [0.2, 0.25) is 0 Å². The van der Waals surface area contributed by atoms with Crippen LogP contribution in [0.2, 0.25) is 0 Å². The molecule has 0 saturated heterocycles. The van der Waals surface area contributed by atoms with Crippen LogP contribution < -0.4 is 9.47 Å². The Labute approximate surface area is 126 Å². The van der Waals surface area contributed by atoms with Gasteiger partial charge in [-0.15, -0.1) is 0 Å². The van der Waals surface area contributed by atoms with Crippen LogP contribution in [0, 0.1) is 0 Å². The van der Waals surface area contributed by atoms with Gasteiger partial charge in [0, 0.05) is 11.5 Å². The molecule has 3 rings (SSSR count). The number of ether oxygens (including phenoxy) is 2. The zero-order valence-corrected chi connectivity index (χ0v) is 13.0. The Bertz CT molecular complexity index is 644. The second kappa shape index (κ2) is 5.40. The summed E-state index contributed by atoms with van der Waals surface area (Å²) in [6.07, 6.45) is 0. The van der Waals surface area contributed by atoms with Crippen molar-refractivity contribution in [3.63, 3.8) is 0 Å². The maximum absolute atomic E-state index is 5.61. The summed E-state index contributed by atoms with van der Waals surface area (Å²) >= 11 is 3.45. The van der Waals surface area contributed by atoms with Gasteiger partial charge in [0.15, 0.2) is 11.5 Å². The van der Waals surface area contributed by atoms with Gasteiger partial charge in [-0.3, -0.25) is 0 Å². The predicted molar refractivity (Wildman–Crippen MR) is 80.2 cm³/mol. The zero-order valence-electron chi connectivity index (χ0n) is 11.4. The molecule has 1 aliphatic heterocycles. The average molecular weight is 335 g/mol. The van der Waals surface area contributed by atoms with Crippen LogP contribution >= 0.6 is 15.9 Å². The average Bonchev–Trinajstić information content (AvgIpc) is 2.46. The Morgan fingerprint density at radius 2 is 1.80 bits per heavy atom. The summed E-state index contributed by atoms with van der Waals surface area (Å²) in [5.41, 5.74) is 1.88. The van der Waals surface area contributed by atoms with Crippen molar-refractivity contribution in [3.05, 3.63) is 34.7 Å². The number of fused-ring (bicyclic) bond motifs is 1. The van der Waals surface area contributed by atoms with Gasteiger partial charge in [-0.1, -0.05) is 13.8 Å². The summed E-state index contributed by atoms with van der Waals surface area (Å²) < 4.78 is 11.9. The molecule has 2 aromatic rings. The van der Waals surface area contributed by atoms with E-state index >= 15 is 0 Å². The Balaban J connectivity index is 2.04. The molecule has 0 spiro atoms. The third-order valence-electron chi connectivity index (χ3n) is 3.07. The SMILES string of the molecule is CC(C)c1nc(Br)cc(-c2ccc3c(c2)OCCO3)n1. The summed E-state index contributed by atoms with van der Waals surface area (Å²) in [6, 6.07) is 7.80. The molecule has 0 N–H and O–H groups in total. The van der Waals surface area contributed by atoms with Crippen molar-refractivity contribution >= 4 is 15.9 Å². The third-order valence-corrected chi connectivity index (χ3v) is 3.47. The number of benzene rings is 1. The molecule has 4 nitrogen and oxygen atoms in total. The first kappa shape index (κ1) is 13.4. The Morgan fingerprint density at radius 1 is 1.05 bits per heavy atom. The maximum Gasteiger partial charge on any atom is 0.162 e. The number of nitrogens with zero attached hydrogens (tertiary/aromatic N) is 2. The van der Waals surface area contributed by atoms with Gasteiger partial charge in [-0.25, -0.2) is 9.97 Å². The monoisotopic (exact) mass is 334 g/mol. The van der Waals surface area contributed by atoms with Gasteiger partial charge >= 0.3 is 0 Å². The molecular formula is C15H15BrN2O2. The lowest BCUT2D eigenvalue weighted by Crippen LogP contribution is -2.15. The molecule has 0 radical (unpaired) electrons. The molecule has 0 fully saturated rings. The molecule has 0 aliphatic carbocycles. The summed E-state index contributed by atoms with van der Waals surface area (Å²) in [4.78, 5) is 9.01. The van der Waals surface area contributed by atoms with Crippen molar-refractivity contribution < 1.29 is 9.47 Å². The van der Waals surface area contributed by atoms with Crippen LogP contribution in [0.1, 0.15) is 25.6 Å². The highest BCUT2D eigenvalue weighted by Crippen LogP contribution is 2.34. The minimum absolute atomic E-state index is 0.281. The quantitative estimate of drug-likeness (QED) is 0.783. The van der Waals surface area contributed by atoms with Crippen molar-refractivity contribution in [2.24, 2.45) is 0 Å². The van der Waals surface area contributed by atoms with Crippen LogP contribution in [0.4, 0.5) is 0 Å². The zero-order chi connectivity index (χ0) is 14.1. The van der Waals surface area contributed by atoms with Crippen LogP contribution in [-0.4, -0.2) is 23.2 Å². The van der Waals surface area contributed by atoms with E-state index in [9.17, 15) is 0 Å². The summed E-state index contributed by atoms with van der Waals surface area (Å²) in [5.74, 6) is 2.67. The van der Waals surface area contributed by atoms with Crippen molar-refractivity contribution in [1.82, 2.24) is 9.97 Å². The van der Waals surface area contributed by atoms with E-state index in [0.717, 1.165) is 33.2 Å². The van der Waals surface area contributed by atoms with E-state index in [1.54, 1.807) is 0 Å². The fourth-order valence-electron chi connectivity index (χ4n) is 2.04. The van der Waals surface area contributed by atoms with Crippen LogP contribution in [0.3, 0.4) is 0 Å². The second-order valence-electron chi connectivity index (χ2n) is 4.95. The molecule has 2 heterocycles. The van der Waals surface area contributed by atoms with Gasteiger partial charge in [-0.05, 0) is 40.2 Å². The molecule has 104 valence electrons. The van der Waals surface area contributed by atoms with Gasteiger partial charge in [-0.2, -0.15) is 0 Å². The number of hydrogen-bond acceptors (Lipinski definition) is 4. The first-order chi connectivity index (χ1) is 9.63. The lowest BCUT2D eigenvalue weighted by Gasteiger charge is -2.19. The van der Waals surface area contributed by atoms with Gasteiger partial charge in [0.05, 0.1) is 5.69 Å². The van der Waals surface area contributed by atoms with E-state index in [2.05, 4.69) is 39.7 Å². The van der Waals surface area contributed by atoms with Crippen LogP contribution in [0.15, 0.2) is 28.9 Å². The molecule has 1 aromatic heterocycles. The molecular weight excluding hydrogens is 320 g/mol. The van der Waals surface area contributed by atoms with Gasteiger partial charge in [0.1, 0.15) is 23.6 Å². The molecule has 20 heavy (non-hydrogen) atoms. The number of rotatable bonds is 2. The largest absolute Gasteiger partial charge is 0.486 e. The van der Waals surface area contributed by atoms with Crippen LogP contribution in [0.5, 0.6) is 11.5 Å². The van der Waals surface area contributed by atoms with Crippen molar-refractivity contribution in [3.8, 4) is 22.8 Å². The number of halogens is 1. The van der Waals surface area contributed by atoms with Crippen LogP contribution in [-0.2, 0) is 0 Å². The Kier molecular flexibility index (Phi) is 3.61. The summed E-state index contributed by atoms with van der Waals surface area (Å²) in [6.45, 7) is 5.34. The molecule has 0 saturated carbocycles. The highest BCUT2D eigenvalue weighted by atomic mass is 79.9. The Morgan fingerprint density at radius 3 is 2.55 bits per heavy atom. The van der Waals surface area contributed by atoms with E-state index in [1.165, 1.54) is 0 Å². The smallest absolute Gasteiger partial charge is 0.162 e. The standard InChI is InChI=1S/C15H15BrN2O2/c1-9(2)15-17-11(8-14(16)18-15)10-3-4-12-13(7-10)20-6-5-19-12/h3-4,7-9H,5-6H2,1-2H3. The highest BCUT2D eigenvalue weighted by Gasteiger charge is 2.14. The maximum atomic E-state index is 5.61. The fraction of sp³-hybridized carbons (Fsp3) is 0.333. The van der Waals surface area contributed by atoms with Crippen molar-refractivity contribution in [2.75, 3.05) is 13.2 Å². The third kappa shape index (κ3) is 2.63. The van der Waals surface area contributed by atoms with E-state index < -0.39 is 0 Å². The number of hydrogen-bond donors (Lipinski definition) is 0. The highest BCUT2D eigenvalue weighted by molar-refractivity contribution is 9.10. The lowest BCUT2D eigenvalue weighted by molar-refractivity contribution is 0.171. The van der Waals surface area contributed by atoms with Crippen LogP contribution in [0.25, 0.3) is 11.3 Å². The topological polar surface area (TPSA) is 44.2 Å². The van der Waals surface area contributed by atoms with Gasteiger partial charge in [0.25, 0.3) is 0 Å². The first-order valence-electron chi connectivity index (χ1n) is 6.58. The number of aromatic nitrogens is 2. The van der Waals surface area contributed by atoms with E-state index in [4.69, 9.17) is 9.47 Å². The lowest BCUT2D eigenvalue weighted by atomic mass is 10.1. The minimum Gasteiger partial charge on any atom is -0.486 e. The van der Waals surface area contributed by atoms with Crippen molar-refractivity contribution in [2.45, 2.75) is 19.8 Å². The van der Waals surface area contributed by atoms with Crippen molar-refractivity contribution in [1.29, 1.82) is 0 Å². The van der Waals surface area contributed by atoms with Gasteiger partial charge < -0.3 is 9.47 Å². The fourth-order valence-corrected chi connectivity index (χ4v) is 2.44. The molecule has 1 aliphatic rings. The Hall–Kier alpha value is -1.62. The molecule has 0 atom stereocenters.